The molecule has 0 radical (unpaired) electrons. The molecule has 0 amide bonds. The molecule has 14 heavy (non-hydrogen) atoms. The SMILES string of the molecule is CC(O)c1ccc(C2CCCO2)cc1. The molecule has 2 heteroatoms. The van der Waals surface area contributed by atoms with Crippen LogP contribution >= 0.6 is 0 Å². The summed E-state index contributed by atoms with van der Waals surface area (Å²) in [6.45, 7) is 2.66. The second kappa shape index (κ2) is 4.11. The molecule has 1 aromatic rings. The second-order valence-electron chi connectivity index (χ2n) is 3.84. The first-order valence-electron chi connectivity index (χ1n) is 5.17. The second-order valence-corrected chi connectivity index (χ2v) is 3.84. The molecule has 1 fully saturated rings. The normalized spacial score (nSPS) is 23.7. The summed E-state index contributed by atoms with van der Waals surface area (Å²) in [6, 6.07) is 8.06. The van der Waals surface area contributed by atoms with Crippen LogP contribution in [0.25, 0.3) is 0 Å². The average molecular weight is 192 g/mol. The molecule has 0 aliphatic carbocycles. The van der Waals surface area contributed by atoms with Gasteiger partial charge in [-0.2, -0.15) is 0 Å². The van der Waals surface area contributed by atoms with Crippen LogP contribution in [0.3, 0.4) is 0 Å². The van der Waals surface area contributed by atoms with Crippen molar-refractivity contribution in [2.24, 2.45) is 0 Å². The molecule has 0 aromatic heterocycles. The molecule has 1 aliphatic rings. The van der Waals surface area contributed by atoms with E-state index in [1.54, 1.807) is 6.92 Å². The molecule has 2 unspecified atom stereocenters. The smallest absolute Gasteiger partial charge is 0.0825 e. The van der Waals surface area contributed by atoms with Gasteiger partial charge in [-0.1, -0.05) is 24.3 Å². The molecule has 2 rings (SSSR count). The molecule has 1 saturated heterocycles. The van der Waals surface area contributed by atoms with Gasteiger partial charge in [-0.15, -0.1) is 0 Å². The van der Waals surface area contributed by atoms with Gasteiger partial charge in [-0.05, 0) is 30.9 Å². The summed E-state index contributed by atoms with van der Waals surface area (Å²) in [5, 5.41) is 9.35. The van der Waals surface area contributed by atoms with E-state index >= 15 is 0 Å². The summed E-state index contributed by atoms with van der Waals surface area (Å²) < 4.78 is 5.58. The van der Waals surface area contributed by atoms with E-state index in [9.17, 15) is 5.11 Å². The Bertz CT molecular complexity index is 284. The zero-order valence-electron chi connectivity index (χ0n) is 8.44. The van der Waals surface area contributed by atoms with Crippen LogP contribution in [0.15, 0.2) is 24.3 Å². The highest BCUT2D eigenvalue weighted by atomic mass is 16.5. The maximum absolute atomic E-state index is 9.35. The van der Waals surface area contributed by atoms with E-state index in [1.807, 2.05) is 12.1 Å². The van der Waals surface area contributed by atoms with E-state index in [0.717, 1.165) is 25.0 Å². The Morgan fingerprint density at radius 2 is 2.07 bits per heavy atom. The Balaban J connectivity index is 2.12. The minimum Gasteiger partial charge on any atom is -0.389 e. The molecule has 2 atom stereocenters. The number of ether oxygens (including phenoxy) is 1. The summed E-state index contributed by atoms with van der Waals surface area (Å²) in [4.78, 5) is 0. The molecule has 2 nitrogen and oxygen atoms in total. The van der Waals surface area contributed by atoms with Crippen molar-refractivity contribution in [2.45, 2.75) is 32.0 Å². The number of rotatable bonds is 2. The first-order chi connectivity index (χ1) is 6.77. The Morgan fingerprint density at radius 1 is 1.36 bits per heavy atom. The number of hydrogen-bond acceptors (Lipinski definition) is 2. The molecule has 1 N–H and O–H groups in total. The van der Waals surface area contributed by atoms with E-state index in [-0.39, 0.29) is 12.2 Å². The highest BCUT2D eigenvalue weighted by Crippen LogP contribution is 2.28. The van der Waals surface area contributed by atoms with E-state index in [4.69, 9.17) is 4.74 Å². The third-order valence-electron chi connectivity index (χ3n) is 2.72. The molecule has 1 aromatic carbocycles. The third-order valence-corrected chi connectivity index (χ3v) is 2.72. The van der Waals surface area contributed by atoms with Crippen LogP contribution in [-0.2, 0) is 4.74 Å². The lowest BCUT2D eigenvalue weighted by Gasteiger charge is -2.11. The van der Waals surface area contributed by atoms with Gasteiger partial charge in [0.15, 0.2) is 0 Å². The standard InChI is InChI=1S/C12H16O2/c1-9(13)10-4-6-11(7-5-10)12-3-2-8-14-12/h4-7,9,12-13H,2-3,8H2,1H3. The predicted octanol–water partition coefficient (Wildman–Crippen LogP) is 2.59. The fraction of sp³-hybridized carbons (Fsp3) is 0.500. The first kappa shape index (κ1) is 9.69. The monoisotopic (exact) mass is 192 g/mol. The lowest BCUT2D eigenvalue weighted by atomic mass is 10.0. The van der Waals surface area contributed by atoms with Gasteiger partial charge < -0.3 is 9.84 Å². The van der Waals surface area contributed by atoms with Crippen LogP contribution in [-0.4, -0.2) is 11.7 Å². The first-order valence-corrected chi connectivity index (χ1v) is 5.17. The van der Waals surface area contributed by atoms with Gasteiger partial charge >= 0.3 is 0 Å². The van der Waals surface area contributed by atoms with Crippen molar-refractivity contribution in [3.05, 3.63) is 35.4 Å². The van der Waals surface area contributed by atoms with Crippen LogP contribution < -0.4 is 0 Å². The molecule has 76 valence electrons. The number of aliphatic hydroxyl groups excluding tert-OH is 1. The number of aliphatic hydroxyl groups is 1. The fourth-order valence-corrected chi connectivity index (χ4v) is 1.83. The van der Waals surface area contributed by atoms with E-state index in [1.165, 1.54) is 5.56 Å². The molecule has 1 heterocycles. The maximum atomic E-state index is 9.35. The quantitative estimate of drug-likeness (QED) is 0.780. The third kappa shape index (κ3) is 1.97. The van der Waals surface area contributed by atoms with E-state index in [2.05, 4.69) is 12.1 Å². The topological polar surface area (TPSA) is 29.5 Å². The van der Waals surface area contributed by atoms with Crippen molar-refractivity contribution in [3.8, 4) is 0 Å². The molecule has 0 saturated carbocycles. The zero-order chi connectivity index (χ0) is 9.97. The van der Waals surface area contributed by atoms with Gasteiger partial charge in [0, 0.05) is 6.61 Å². The van der Waals surface area contributed by atoms with Gasteiger partial charge in [0.25, 0.3) is 0 Å². The molecular weight excluding hydrogens is 176 g/mol. The average Bonchev–Trinajstić information content (AvgIpc) is 2.71. The fourth-order valence-electron chi connectivity index (χ4n) is 1.83. The maximum Gasteiger partial charge on any atom is 0.0825 e. The van der Waals surface area contributed by atoms with Crippen molar-refractivity contribution in [1.82, 2.24) is 0 Å². The molecule has 0 bridgehead atoms. The Morgan fingerprint density at radius 3 is 2.57 bits per heavy atom. The van der Waals surface area contributed by atoms with Gasteiger partial charge in [0.1, 0.15) is 0 Å². The summed E-state index contributed by atoms with van der Waals surface area (Å²) in [6.07, 6.45) is 2.17. The summed E-state index contributed by atoms with van der Waals surface area (Å²) in [5.74, 6) is 0. The van der Waals surface area contributed by atoms with Crippen molar-refractivity contribution in [3.63, 3.8) is 0 Å². The van der Waals surface area contributed by atoms with Crippen LogP contribution in [0.1, 0.15) is 43.1 Å². The highest BCUT2D eigenvalue weighted by molar-refractivity contribution is 5.25. The molecular formula is C12H16O2. The summed E-state index contributed by atoms with van der Waals surface area (Å²) in [7, 11) is 0. The van der Waals surface area contributed by atoms with Gasteiger partial charge in [-0.3, -0.25) is 0 Å². The van der Waals surface area contributed by atoms with Crippen molar-refractivity contribution >= 4 is 0 Å². The largest absolute Gasteiger partial charge is 0.389 e. The minimum absolute atomic E-state index is 0.276. The van der Waals surface area contributed by atoms with Gasteiger partial charge in [-0.25, -0.2) is 0 Å². The highest BCUT2D eigenvalue weighted by Gasteiger charge is 2.17. The van der Waals surface area contributed by atoms with Crippen molar-refractivity contribution < 1.29 is 9.84 Å². The van der Waals surface area contributed by atoms with Crippen LogP contribution in [0.2, 0.25) is 0 Å². The lowest BCUT2D eigenvalue weighted by molar-refractivity contribution is 0.112. The van der Waals surface area contributed by atoms with Crippen LogP contribution in [0, 0.1) is 0 Å². The summed E-state index contributed by atoms with van der Waals surface area (Å²) in [5.41, 5.74) is 2.19. The summed E-state index contributed by atoms with van der Waals surface area (Å²) >= 11 is 0. The van der Waals surface area contributed by atoms with Gasteiger partial charge in [0.2, 0.25) is 0 Å². The Kier molecular flexibility index (Phi) is 2.85. The Labute approximate surface area is 84.5 Å². The Hall–Kier alpha value is -0.860. The van der Waals surface area contributed by atoms with Gasteiger partial charge in [0.05, 0.1) is 12.2 Å². The minimum atomic E-state index is -0.381. The number of benzene rings is 1. The molecule has 1 aliphatic heterocycles. The predicted molar refractivity (Wildman–Crippen MR) is 55.0 cm³/mol. The lowest BCUT2D eigenvalue weighted by Crippen LogP contribution is -1.97. The van der Waals surface area contributed by atoms with E-state index in [0.29, 0.717) is 0 Å². The number of hydrogen-bond donors (Lipinski definition) is 1. The van der Waals surface area contributed by atoms with Crippen molar-refractivity contribution in [1.29, 1.82) is 0 Å². The van der Waals surface area contributed by atoms with E-state index < -0.39 is 0 Å². The zero-order valence-corrected chi connectivity index (χ0v) is 8.44. The van der Waals surface area contributed by atoms with Crippen LogP contribution in [0.5, 0.6) is 0 Å². The van der Waals surface area contributed by atoms with Crippen molar-refractivity contribution in [2.75, 3.05) is 6.61 Å². The molecule has 0 spiro atoms. The van der Waals surface area contributed by atoms with Crippen LogP contribution in [0.4, 0.5) is 0 Å².